The van der Waals surface area contributed by atoms with Gasteiger partial charge >= 0.3 is 0 Å². The number of amides is 1. The van der Waals surface area contributed by atoms with Crippen molar-refractivity contribution in [2.75, 3.05) is 36.4 Å². The molecule has 0 bridgehead atoms. The summed E-state index contributed by atoms with van der Waals surface area (Å²) in [6.45, 7) is 6.91. The van der Waals surface area contributed by atoms with Crippen LogP contribution in [0.4, 0.5) is 17.3 Å². The molecule has 1 N–H and O–H groups in total. The quantitative estimate of drug-likeness (QED) is 0.925. The molecule has 0 radical (unpaired) electrons. The number of carbonyl (C=O) groups excluding carboxylic acids is 1. The minimum atomic E-state index is 0.0508. The van der Waals surface area contributed by atoms with Crippen LogP contribution in [0.5, 0.6) is 0 Å². The van der Waals surface area contributed by atoms with E-state index in [0.29, 0.717) is 5.82 Å². The molecule has 0 atom stereocenters. The Kier molecular flexibility index (Phi) is 4.88. The lowest BCUT2D eigenvalue weighted by Crippen LogP contribution is -2.50. The summed E-state index contributed by atoms with van der Waals surface area (Å²) in [5, 5.41) is 11.7. The van der Waals surface area contributed by atoms with Gasteiger partial charge in [0.1, 0.15) is 0 Å². The van der Waals surface area contributed by atoms with Crippen molar-refractivity contribution in [1.29, 1.82) is 0 Å². The Bertz CT molecular complexity index is 665. The smallest absolute Gasteiger partial charge is 0.225 e. The van der Waals surface area contributed by atoms with Gasteiger partial charge in [-0.05, 0) is 24.3 Å². The Morgan fingerprint density at radius 2 is 1.75 bits per heavy atom. The molecule has 2 aromatic heterocycles. The summed E-state index contributed by atoms with van der Waals surface area (Å²) in [7, 11) is 0. The third-order valence-corrected chi connectivity index (χ3v) is 4.01. The number of pyridine rings is 1. The molecule has 0 aliphatic carbocycles. The number of carbonyl (C=O) groups is 1. The van der Waals surface area contributed by atoms with Gasteiger partial charge in [-0.2, -0.15) is 0 Å². The second-order valence-corrected chi connectivity index (χ2v) is 6.10. The van der Waals surface area contributed by atoms with Gasteiger partial charge in [0.05, 0.1) is 0 Å². The van der Waals surface area contributed by atoms with Crippen LogP contribution < -0.4 is 10.2 Å². The van der Waals surface area contributed by atoms with Crippen LogP contribution in [0.3, 0.4) is 0 Å². The minimum Gasteiger partial charge on any atom is -0.352 e. The molecule has 0 aromatic carbocycles. The molecule has 0 unspecified atom stereocenters. The molecule has 3 heterocycles. The number of rotatable bonds is 4. The van der Waals surface area contributed by atoms with Crippen LogP contribution >= 0.6 is 0 Å². The number of anilines is 3. The number of aromatic nitrogens is 3. The van der Waals surface area contributed by atoms with Crippen LogP contribution in [-0.4, -0.2) is 52.2 Å². The van der Waals surface area contributed by atoms with Gasteiger partial charge in [0, 0.05) is 50.2 Å². The Hall–Kier alpha value is -2.70. The second kappa shape index (κ2) is 7.25. The fourth-order valence-electron chi connectivity index (χ4n) is 2.66. The van der Waals surface area contributed by atoms with Crippen LogP contribution in [-0.2, 0) is 4.79 Å². The lowest BCUT2D eigenvalue weighted by atomic mass is 10.1. The van der Waals surface area contributed by atoms with E-state index in [-0.39, 0.29) is 11.8 Å². The van der Waals surface area contributed by atoms with Gasteiger partial charge in [-0.15, -0.1) is 10.2 Å². The van der Waals surface area contributed by atoms with Crippen LogP contribution in [0.15, 0.2) is 36.7 Å². The average molecular weight is 326 g/mol. The maximum atomic E-state index is 12.0. The first-order valence-electron chi connectivity index (χ1n) is 8.18. The van der Waals surface area contributed by atoms with Gasteiger partial charge in [0.15, 0.2) is 11.6 Å². The van der Waals surface area contributed by atoms with Crippen molar-refractivity contribution in [2.45, 2.75) is 13.8 Å². The first-order valence-corrected chi connectivity index (χ1v) is 8.18. The summed E-state index contributed by atoms with van der Waals surface area (Å²) in [5.74, 6) is 1.80. The fourth-order valence-corrected chi connectivity index (χ4v) is 2.66. The van der Waals surface area contributed by atoms with Crippen molar-refractivity contribution in [3.05, 3.63) is 36.7 Å². The molecule has 24 heavy (non-hydrogen) atoms. The Balaban J connectivity index is 1.58. The second-order valence-electron chi connectivity index (χ2n) is 6.10. The highest BCUT2D eigenvalue weighted by Gasteiger charge is 2.23. The van der Waals surface area contributed by atoms with E-state index in [1.807, 2.05) is 43.0 Å². The van der Waals surface area contributed by atoms with Gasteiger partial charge in [0.2, 0.25) is 5.91 Å². The highest BCUT2D eigenvalue weighted by atomic mass is 16.2. The summed E-state index contributed by atoms with van der Waals surface area (Å²) in [5.41, 5.74) is 0.924. The van der Waals surface area contributed by atoms with E-state index in [2.05, 4.69) is 25.4 Å². The van der Waals surface area contributed by atoms with Crippen molar-refractivity contribution in [3.8, 4) is 0 Å². The first kappa shape index (κ1) is 16.2. The van der Waals surface area contributed by atoms with Crippen molar-refractivity contribution in [2.24, 2.45) is 5.92 Å². The molecule has 1 aliphatic heterocycles. The first-order chi connectivity index (χ1) is 11.6. The van der Waals surface area contributed by atoms with Gasteiger partial charge < -0.3 is 15.1 Å². The van der Waals surface area contributed by atoms with Crippen LogP contribution in [0.25, 0.3) is 0 Å². The lowest BCUT2D eigenvalue weighted by Gasteiger charge is -2.36. The predicted molar refractivity (Wildman–Crippen MR) is 93.2 cm³/mol. The number of piperazine rings is 1. The van der Waals surface area contributed by atoms with E-state index in [4.69, 9.17) is 0 Å². The molecule has 1 saturated heterocycles. The summed E-state index contributed by atoms with van der Waals surface area (Å²) < 4.78 is 0. The molecular weight excluding hydrogens is 304 g/mol. The van der Waals surface area contributed by atoms with Crippen LogP contribution in [0.1, 0.15) is 13.8 Å². The van der Waals surface area contributed by atoms with E-state index in [1.54, 1.807) is 12.4 Å². The third kappa shape index (κ3) is 3.79. The molecule has 7 nitrogen and oxygen atoms in total. The number of nitrogens with one attached hydrogen (secondary N) is 1. The van der Waals surface area contributed by atoms with Crippen LogP contribution in [0, 0.1) is 5.92 Å². The van der Waals surface area contributed by atoms with Crippen molar-refractivity contribution < 1.29 is 4.79 Å². The molecule has 0 saturated carbocycles. The van der Waals surface area contributed by atoms with E-state index >= 15 is 0 Å². The summed E-state index contributed by atoms with van der Waals surface area (Å²) in [4.78, 5) is 20.1. The van der Waals surface area contributed by atoms with E-state index < -0.39 is 0 Å². The van der Waals surface area contributed by atoms with E-state index in [0.717, 1.165) is 37.7 Å². The third-order valence-electron chi connectivity index (χ3n) is 4.01. The van der Waals surface area contributed by atoms with Crippen LogP contribution in [0.2, 0.25) is 0 Å². The molecule has 1 fully saturated rings. The monoisotopic (exact) mass is 326 g/mol. The Morgan fingerprint density at radius 1 is 1.04 bits per heavy atom. The zero-order valence-electron chi connectivity index (χ0n) is 14.0. The van der Waals surface area contributed by atoms with Crippen molar-refractivity contribution >= 4 is 23.2 Å². The number of nitrogens with zero attached hydrogens (tertiary/aromatic N) is 5. The summed E-state index contributed by atoms with van der Waals surface area (Å²) in [6, 6.07) is 7.62. The molecule has 1 aliphatic rings. The van der Waals surface area contributed by atoms with Gasteiger partial charge in [-0.3, -0.25) is 9.78 Å². The minimum absolute atomic E-state index is 0.0508. The van der Waals surface area contributed by atoms with Gasteiger partial charge in [-0.25, -0.2) is 0 Å². The molecule has 7 heteroatoms. The maximum absolute atomic E-state index is 12.0. The zero-order chi connectivity index (χ0) is 16.9. The standard InChI is InChI=1S/C17H22N6O/c1-13(2)17(24)23-11-9-22(10-12-23)16-4-3-15(20-21-16)19-14-5-7-18-8-6-14/h3-8,13H,9-12H2,1-2H3,(H,18,19,20). The maximum Gasteiger partial charge on any atom is 0.225 e. The van der Waals surface area contributed by atoms with Crippen molar-refractivity contribution in [3.63, 3.8) is 0 Å². The highest BCUT2D eigenvalue weighted by molar-refractivity contribution is 5.78. The predicted octanol–water partition coefficient (Wildman–Crippen LogP) is 1.92. The van der Waals surface area contributed by atoms with E-state index in [9.17, 15) is 4.79 Å². The normalized spacial score (nSPS) is 14.8. The van der Waals surface area contributed by atoms with Gasteiger partial charge in [0.25, 0.3) is 0 Å². The number of hydrogen-bond donors (Lipinski definition) is 1. The lowest BCUT2D eigenvalue weighted by molar-refractivity contribution is -0.134. The summed E-state index contributed by atoms with van der Waals surface area (Å²) in [6.07, 6.45) is 3.45. The summed E-state index contributed by atoms with van der Waals surface area (Å²) >= 11 is 0. The average Bonchev–Trinajstić information content (AvgIpc) is 2.63. The van der Waals surface area contributed by atoms with E-state index in [1.165, 1.54) is 0 Å². The molecule has 3 rings (SSSR count). The highest BCUT2D eigenvalue weighted by Crippen LogP contribution is 2.17. The molecule has 1 amide bonds. The fraction of sp³-hybridized carbons (Fsp3) is 0.412. The molecule has 2 aromatic rings. The topological polar surface area (TPSA) is 74.2 Å². The van der Waals surface area contributed by atoms with Crippen molar-refractivity contribution in [1.82, 2.24) is 20.1 Å². The zero-order valence-corrected chi connectivity index (χ0v) is 14.0. The van der Waals surface area contributed by atoms with Gasteiger partial charge in [-0.1, -0.05) is 13.8 Å². The Labute approximate surface area is 141 Å². The molecule has 0 spiro atoms. The SMILES string of the molecule is CC(C)C(=O)N1CCN(c2ccc(Nc3ccncc3)nn2)CC1. The largest absolute Gasteiger partial charge is 0.352 e. The number of hydrogen-bond acceptors (Lipinski definition) is 6. The molecular formula is C17H22N6O. The Morgan fingerprint density at radius 3 is 2.33 bits per heavy atom. The molecule has 126 valence electrons.